The maximum Gasteiger partial charge on any atom is 0.573 e. The third-order valence-electron chi connectivity index (χ3n) is 3.62. The van der Waals surface area contributed by atoms with E-state index in [4.69, 9.17) is 5.73 Å². The van der Waals surface area contributed by atoms with E-state index < -0.39 is 12.3 Å². The average molecular weight is 350 g/mol. The number of ether oxygens (including phenoxy) is 1. The molecule has 0 atom stereocenters. The smallest absolute Gasteiger partial charge is 0.477 e. The number of nitrogen functional groups attached to an aromatic ring is 1. The van der Waals surface area contributed by atoms with Crippen LogP contribution in [-0.4, -0.2) is 22.0 Å². The van der Waals surface area contributed by atoms with Gasteiger partial charge in [-0.15, -0.1) is 13.2 Å². The van der Waals surface area contributed by atoms with Crippen molar-refractivity contribution in [3.8, 4) is 5.75 Å². The lowest BCUT2D eigenvalue weighted by Crippen LogP contribution is -2.17. The third kappa shape index (κ3) is 3.68. The molecule has 1 heterocycles. The van der Waals surface area contributed by atoms with Gasteiger partial charge >= 0.3 is 12.3 Å². The fourth-order valence-corrected chi connectivity index (χ4v) is 2.66. The Labute approximate surface area is 140 Å². The van der Waals surface area contributed by atoms with Crippen LogP contribution < -0.4 is 10.5 Å². The minimum Gasteiger partial charge on any atom is -0.477 e. The summed E-state index contributed by atoms with van der Waals surface area (Å²) in [4.78, 5) is 11.5. The number of fused-ring (bicyclic) bond motifs is 1. The van der Waals surface area contributed by atoms with Crippen molar-refractivity contribution in [1.82, 2.24) is 4.57 Å². The van der Waals surface area contributed by atoms with Gasteiger partial charge in [0.2, 0.25) is 0 Å². The van der Waals surface area contributed by atoms with Gasteiger partial charge < -0.3 is 20.1 Å². The van der Waals surface area contributed by atoms with Gasteiger partial charge in [0.05, 0.1) is 0 Å². The summed E-state index contributed by atoms with van der Waals surface area (Å²) in [7, 11) is 0. The van der Waals surface area contributed by atoms with Gasteiger partial charge in [0.1, 0.15) is 11.4 Å². The molecule has 0 bridgehead atoms. The van der Waals surface area contributed by atoms with Crippen LogP contribution in [0.2, 0.25) is 0 Å². The maximum atomic E-state index is 12.3. The standard InChI is InChI=1S/C17H13F3N2O3/c18-17(19,20)25-13-3-1-2-10(6-13)9-22-14-5-4-12(21)7-11(14)8-15(22)16(23)24/h1-8H,9,21H2,(H,23,24). The molecular formula is C17H13F3N2O3. The number of carbonyl (C=O) groups is 1. The van der Waals surface area contributed by atoms with Crippen LogP contribution in [0.4, 0.5) is 18.9 Å². The van der Waals surface area contributed by atoms with Crippen LogP contribution in [0.5, 0.6) is 5.75 Å². The summed E-state index contributed by atoms with van der Waals surface area (Å²) in [6, 6.07) is 11.8. The van der Waals surface area contributed by atoms with Gasteiger partial charge in [0, 0.05) is 23.1 Å². The molecule has 1 aromatic heterocycles. The number of alkyl halides is 3. The van der Waals surface area contributed by atoms with Crippen LogP contribution in [0.25, 0.3) is 10.9 Å². The molecule has 0 spiro atoms. The first-order valence-electron chi connectivity index (χ1n) is 7.20. The number of nitrogens with two attached hydrogens (primary N) is 1. The number of benzene rings is 2. The summed E-state index contributed by atoms with van der Waals surface area (Å²) in [5.74, 6) is -1.50. The number of halogens is 3. The molecule has 0 saturated heterocycles. The van der Waals surface area contributed by atoms with E-state index in [0.29, 0.717) is 22.2 Å². The molecule has 130 valence electrons. The van der Waals surface area contributed by atoms with Gasteiger partial charge in [-0.1, -0.05) is 12.1 Å². The van der Waals surface area contributed by atoms with Crippen molar-refractivity contribution in [3.63, 3.8) is 0 Å². The first-order chi connectivity index (χ1) is 11.7. The second kappa shape index (κ2) is 6.04. The zero-order valence-corrected chi connectivity index (χ0v) is 12.7. The lowest BCUT2D eigenvalue weighted by Gasteiger charge is -2.12. The quantitative estimate of drug-likeness (QED) is 0.700. The molecule has 0 amide bonds. The summed E-state index contributed by atoms with van der Waals surface area (Å²) in [5.41, 5.74) is 7.31. The van der Waals surface area contributed by atoms with Crippen molar-refractivity contribution in [1.29, 1.82) is 0 Å². The SMILES string of the molecule is Nc1ccc2c(c1)cc(C(=O)O)n2Cc1cccc(OC(F)(F)F)c1. The van der Waals surface area contributed by atoms with Crippen LogP contribution in [0, 0.1) is 0 Å². The number of hydrogen-bond donors (Lipinski definition) is 2. The second-order valence-corrected chi connectivity index (χ2v) is 5.43. The van der Waals surface area contributed by atoms with E-state index >= 15 is 0 Å². The van der Waals surface area contributed by atoms with E-state index in [9.17, 15) is 23.1 Å². The molecule has 8 heteroatoms. The monoisotopic (exact) mass is 350 g/mol. The number of carboxylic acid groups (broad SMARTS) is 1. The molecule has 0 saturated carbocycles. The van der Waals surface area contributed by atoms with Gasteiger partial charge in [-0.2, -0.15) is 0 Å². The molecular weight excluding hydrogens is 337 g/mol. The minimum atomic E-state index is -4.79. The zero-order chi connectivity index (χ0) is 18.2. The predicted molar refractivity (Wildman–Crippen MR) is 85.5 cm³/mol. The number of hydrogen-bond acceptors (Lipinski definition) is 3. The average Bonchev–Trinajstić information content (AvgIpc) is 2.84. The molecule has 0 aliphatic heterocycles. The predicted octanol–water partition coefficient (Wildman–Crippen LogP) is 3.87. The minimum absolute atomic E-state index is 0.0164. The number of carboxylic acids is 1. The largest absolute Gasteiger partial charge is 0.573 e. The van der Waals surface area contributed by atoms with Crippen LogP contribution in [0.1, 0.15) is 16.1 Å². The first-order valence-corrected chi connectivity index (χ1v) is 7.20. The van der Waals surface area contributed by atoms with Crippen molar-refractivity contribution in [3.05, 3.63) is 59.8 Å². The van der Waals surface area contributed by atoms with Gasteiger partial charge in [-0.25, -0.2) is 4.79 Å². The molecule has 0 aliphatic carbocycles. The summed E-state index contributed by atoms with van der Waals surface area (Å²) < 4.78 is 42.5. The van der Waals surface area contributed by atoms with Crippen molar-refractivity contribution in [2.24, 2.45) is 0 Å². The van der Waals surface area contributed by atoms with Gasteiger partial charge in [0.15, 0.2) is 0 Å². The van der Waals surface area contributed by atoms with Gasteiger partial charge in [-0.05, 0) is 42.0 Å². The highest BCUT2D eigenvalue weighted by atomic mass is 19.4. The summed E-state index contributed by atoms with van der Waals surface area (Å²) in [5, 5.41) is 10.0. The van der Waals surface area contributed by atoms with Crippen LogP contribution >= 0.6 is 0 Å². The van der Waals surface area contributed by atoms with E-state index in [1.807, 2.05) is 0 Å². The molecule has 3 N–H and O–H groups in total. The van der Waals surface area contributed by atoms with E-state index in [-0.39, 0.29) is 18.0 Å². The third-order valence-corrected chi connectivity index (χ3v) is 3.62. The Bertz CT molecular complexity index is 948. The van der Waals surface area contributed by atoms with Gasteiger partial charge in [-0.3, -0.25) is 0 Å². The maximum absolute atomic E-state index is 12.3. The van der Waals surface area contributed by atoms with E-state index in [1.54, 1.807) is 24.3 Å². The van der Waals surface area contributed by atoms with Crippen LogP contribution in [-0.2, 0) is 6.54 Å². The number of rotatable bonds is 4. The summed E-state index contributed by atoms with van der Waals surface area (Å²) in [6.45, 7) is 0.0735. The number of nitrogens with zero attached hydrogens (tertiary/aromatic N) is 1. The molecule has 3 aromatic rings. The van der Waals surface area contributed by atoms with Crippen molar-refractivity contribution < 1.29 is 27.8 Å². The number of aromatic carboxylic acids is 1. The number of aromatic nitrogens is 1. The topological polar surface area (TPSA) is 77.5 Å². The highest BCUT2D eigenvalue weighted by molar-refractivity contribution is 5.95. The van der Waals surface area contributed by atoms with E-state index in [2.05, 4.69) is 4.74 Å². The fourth-order valence-electron chi connectivity index (χ4n) is 2.66. The molecule has 5 nitrogen and oxygen atoms in total. The molecule has 2 aromatic carbocycles. The second-order valence-electron chi connectivity index (χ2n) is 5.43. The van der Waals surface area contributed by atoms with Crippen molar-refractivity contribution >= 4 is 22.6 Å². The van der Waals surface area contributed by atoms with Crippen LogP contribution in [0.15, 0.2) is 48.5 Å². The first kappa shape index (κ1) is 16.7. The normalized spacial score (nSPS) is 11.6. The van der Waals surface area contributed by atoms with E-state index in [1.165, 1.54) is 28.8 Å². The Kier molecular flexibility index (Phi) is 4.03. The van der Waals surface area contributed by atoms with Crippen molar-refractivity contribution in [2.75, 3.05) is 5.73 Å². The molecule has 0 radical (unpaired) electrons. The van der Waals surface area contributed by atoms with E-state index in [0.717, 1.165) is 0 Å². The lowest BCUT2D eigenvalue weighted by molar-refractivity contribution is -0.274. The van der Waals surface area contributed by atoms with Crippen LogP contribution in [0.3, 0.4) is 0 Å². The Balaban J connectivity index is 2.01. The summed E-state index contributed by atoms with van der Waals surface area (Å²) in [6.07, 6.45) is -4.79. The highest BCUT2D eigenvalue weighted by Crippen LogP contribution is 2.26. The zero-order valence-electron chi connectivity index (χ0n) is 12.7. The molecule has 25 heavy (non-hydrogen) atoms. The Morgan fingerprint density at radius 3 is 2.60 bits per heavy atom. The highest BCUT2D eigenvalue weighted by Gasteiger charge is 2.31. The summed E-state index contributed by atoms with van der Waals surface area (Å²) >= 11 is 0. The Hall–Kier alpha value is -3.16. The number of anilines is 1. The molecule has 3 rings (SSSR count). The molecule has 0 unspecified atom stereocenters. The fraction of sp³-hybridized carbons (Fsp3) is 0.118. The molecule has 0 fully saturated rings. The molecule has 0 aliphatic rings. The Morgan fingerprint density at radius 1 is 1.16 bits per heavy atom. The van der Waals surface area contributed by atoms with Gasteiger partial charge in [0.25, 0.3) is 0 Å². The lowest BCUT2D eigenvalue weighted by atomic mass is 10.2. The Morgan fingerprint density at radius 2 is 1.92 bits per heavy atom. The van der Waals surface area contributed by atoms with Crippen molar-refractivity contribution in [2.45, 2.75) is 12.9 Å².